The minimum Gasteiger partial charge on any atom is -0.440 e. The highest BCUT2D eigenvalue weighted by Crippen LogP contribution is 2.33. The second-order valence-electron chi connectivity index (χ2n) is 8.70. The van der Waals surface area contributed by atoms with Crippen LogP contribution in [-0.2, 0) is 4.79 Å². The maximum atomic E-state index is 13.4. The Morgan fingerprint density at radius 1 is 1.11 bits per heavy atom. The Kier molecular flexibility index (Phi) is 5.07. The van der Waals surface area contributed by atoms with Crippen molar-refractivity contribution in [3.05, 3.63) is 30.2 Å². The Morgan fingerprint density at radius 2 is 1.96 bits per heavy atom. The smallest absolute Gasteiger partial charge is 0.228 e. The van der Waals surface area contributed by atoms with Gasteiger partial charge in [-0.3, -0.25) is 15.6 Å². The molecule has 0 spiro atoms. The number of piperidine rings is 1. The molecule has 3 fully saturated rings. The number of hydrogen-bond donors (Lipinski definition) is 2. The molecule has 1 aromatic heterocycles. The third-order valence-corrected chi connectivity index (χ3v) is 6.89. The molecule has 150 valence electrons. The van der Waals surface area contributed by atoms with Crippen LogP contribution in [0.4, 0.5) is 0 Å². The van der Waals surface area contributed by atoms with E-state index in [1.807, 2.05) is 24.3 Å². The fourth-order valence-corrected chi connectivity index (χ4v) is 5.37. The number of nitrogens with zero attached hydrogens (tertiary/aromatic N) is 2. The van der Waals surface area contributed by atoms with E-state index in [0.29, 0.717) is 11.8 Å². The van der Waals surface area contributed by atoms with Crippen molar-refractivity contribution in [3.8, 4) is 0 Å². The molecule has 28 heavy (non-hydrogen) atoms. The first-order valence-electron chi connectivity index (χ1n) is 10.9. The number of hydrazine groups is 1. The van der Waals surface area contributed by atoms with E-state index in [0.717, 1.165) is 49.5 Å². The van der Waals surface area contributed by atoms with Gasteiger partial charge in [0.1, 0.15) is 5.52 Å². The molecule has 5 rings (SSSR count). The quantitative estimate of drug-likeness (QED) is 0.853. The van der Waals surface area contributed by atoms with E-state index >= 15 is 0 Å². The Hall–Kier alpha value is -1.92. The molecule has 6 nitrogen and oxygen atoms in total. The molecular weight excluding hydrogens is 352 g/mol. The zero-order valence-corrected chi connectivity index (χ0v) is 16.4. The molecule has 3 unspecified atom stereocenters. The van der Waals surface area contributed by atoms with Crippen LogP contribution in [0.25, 0.3) is 11.1 Å². The molecule has 2 saturated heterocycles. The first-order valence-corrected chi connectivity index (χ1v) is 10.9. The molecule has 0 radical (unpaired) electrons. The van der Waals surface area contributed by atoms with Crippen LogP contribution in [0, 0.1) is 11.8 Å². The zero-order valence-electron chi connectivity index (χ0n) is 16.4. The molecule has 1 aromatic carbocycles. The number of oxazole rings is 1. The summed E-state index contributed by atoms with van der Waals surface area (Å²) in [6, 6.07) is 8.18. The van der Waals surface area contributed by atoms with Crippen LogP contribution < -0.4 is 10.9 Å². The fourth-order valence-electron chi connectivity index (χ4n) is 5.37. The minimum atomic E-state index is 0.0467. The summed E-state index contributed by atoms with van der Waals surface area (Å²) in [4.78, 5) is 20.2. The van der Waals surface area contributed by atoms with Gasteiger partial charge in [0.15, 0.2) is 11.5 Å². The van der Waals surface area contributed by atoms with Gasteiger partial charge >= 0.3 is 0 Å². The average Bonchev–Trinajstić information content (AvgIpc) is 3.41. The Labute approximate surface area is 166 Å². The fraction of sp³-hybridized carbons (Fsp3) is 0.636. The molecule has 3 heterocycles. The van der Waals surface area contributed by atoms with Crippen molar-refractivity contribution >= 4 is 17.0 Å². The van der Waals surface area contributed by atoms with Gasteiger partial charge in [0.25, 0.3) is 0 Å². The number of rotatable bonds is 3. The second kappa shape index (κ2) is 7.84. The van der Waals surface area contributed by atoms with Crippen molar-refractivity contribution < 1.29 is 9.21 Å². The van der Waals surface area contributed by atoms with Crippen molar-refractivity contribution in [2.45, 2.75) is 56.9 Å². The van der Waals surface area contributed by atoms with E-state index in [2.05, 4.69) is 20.7 Å². The van der Waals surface area contributed by atoms with Crippen molar-refractivity contribution in [3.63, 3.8) is 0 Å². The number of hydrogen-bond acceptors (Lipinski definition) is 5. The van der Waals surface area contributed by atoms with Crippen LogP contribution in [0.2, 0.25) is 0 Å². The second-order valence-corrected chi connectivity index (χ2v) is 8.70. The highest BCUT2D eigenvalue weighted by atomic mass is 16.3. The summed E-state index contributed by atoms with van der Waals surface area (Å²) in [7, 11) is 0. The zero-order chi connectivity index (χ0) is 18.9. The number of amides is 1. The van der Waals surface area contributed by atoms with Crippen LogP contribution in [0.15, 0.2) is 28.7 Å². The predicted octanol–water partition coefficient (Wildman–Crippen LogP) is 3.21. The van der Waals surface area contributed by atoms with E-state index < -0.39 is 0 Å². The van der Waals surface area contributed by atoms with Gasteiger partial charge in [0, 0.05) is 25.7 Å². The van der Waals surface area contributed by atoms with E-state index in [9.17, 15) is 4.79 Å². The van der Waals surface area contributed by atoms with Crippen LogP contribution in [-0.4, -0.2) is 41.5 Å². The van der Waals surface area contributed by atoms with Gasteiger partial charge in [-0.2, -0.15) is 0 Å². The first kappa shape index (κ1) is 18.1. The number of para-hydroxylation sites is 2. The monoisotopic (exact) mass is 382 g/mol. The van der Waals surface area contributed by atoms with Gasteiger partial charge in [0.05, 0.1) is 11.8 Å². The van der Waals surface area contributed by atoms with E-state index in [1.165, 1.54) is 32.1 Å². The summed E-state index contributed by atoms with van der Waals surface area (Å²) in [5.74, 6) is 1.94. The lowest BCUT2D eigenvalue weighted by Crippen LogP contribution is -2.48. The molecular formula is C22H30N4O2. The van der Waals surface area contributed by atoms with Gasteiger partial charge in [-0.1, -0.05) is 31.4 Å². The Bertz CT molecular complexity index is 796. The lowest BCUT2D eigenvalue weighted by molar-refractivity contribution is -0.137. The van der Waals surface area contributed by atoms with E-state index in [-0.39, 0.29) is 17.9 Å². The highest BCUT2D eigenvalue weighted by molar-refractivity contribution is 5.80. The van der Waals surface area contributed by atoms with Crippen molar-refractivity contribution in [1.29, 1.82) is 0 Å². The van der Waals surface area contributed by atoms with Gasteiger partial charge in [0.2, 0.25) is 5.91 Å². The molecule has 2 aromatic rings. The number of carbonyl (C=O) groups is 1. The average molecular weight is 383 g/mol. The standard InChI is InChI=1S/C22H30N4O2/c27-22(17-13-23-25-20(17)15-7-2-1-3-8-15)26-12-6-9-16(14-26)21-24-18-10-4-5-11-19(18)28-21/h4-5,10-11,15-17,20,23,25H,1-3,6-9,12-14H2. The topological polar surface area (TPSA) is 70.4 Å². The van der Waals surface area contributed by atoms with Crippen LogP contribution >= 0.6 is 0 Å². The van der Waals surface area contributed by atoms with E-state index in [1.54, 1.807) is 0 Å². The van der Waals surface area contributed by atoms with Gasteiger partial charge in [-0.05, 0) is 43.7 Å². The largest absolute Gasteiger partial charge is 0.440 e. The number of nitrogens with one attached hydrogen (secondary N) is 2. The molecule has 2 aliphatic heterocycles. The number of fused-ring (bicyclic) bond motifs is 1. The SMILES string of the molecule is O=C(C1CNNC1C1CCCCC1)N1CCCC(c2nc3ccccc3o2)C1. The van der Waals surface area contributed by atoms with Crippen molar-refractivity contribution in [2.24, 2.45) is 11.8 Å². The molecule has 1 amide bonds. The summed E-state index contributed by atoms with van der Waals surface area (Å²) in [5, 5.41) is 0. The van der Waals surface area contributed by atoms with Crippen molar-refractivity contribution in [2.75, 3.05) is 19.6 Å². The van der Waals surface area contributed by atoms with Crippen LogP contribution in [0.1, 0.15) is 56.8 Å². The summed E-state index contributed by atoms with van der Waals surface area (Å²) < 4.78 is 6.00. The van der Waals surface area contributed by atoms with Gasteiger partial charge < -0.3 is 9.32 Å². The van der Waals surface area contributed by atoms with Crippen LogP contribution in [0.5, 0.6) is 0 Å². The number of aromatic nitrogens is 1. The number of carbonyl (C=O) groups excluding carboxylic acids is 1. The summed E-state index contributed by atoms with van der Waals surface area (Å²) in [6.07, 6.45) is 8.47. The number of benzene rings is 1. The third-order valence-electron chi connectivity index (χ3n) is 6.89. The summed E-state index contributed by atoms with van der Waals surface area (Å²) in [6.45, 7) is 2.31. The molecule has 3 atom stereocenters. The van der Waals surface area contributed by atoms with Gasteiger partial charge in [-0.25, -0.2) is 4.98 Å². The molecule has 1 aliphatic carbocycles. The Balaban J connectivity index is 1.29. The number of likely N-dealkylation sites (tertiary alicyclic amines) is 1. The van der Waals surface area contributed by atoms with Gasteiger partial charge in [-0.15, -0.1) is 0 Å². The predicted molar refractivity (Wildman–Crippen MR) is 108 cm³/mol. The minimum absolute atomic E-state index is 0.0467. The summed E-state index contributed by atoms with van der Waals surface area (Å²) >= 11 is 0. The van der Waals surface area contributed by atoms with Crippen LogP contribution in [0.3, 0.4) is 0 Å². The molecule has 0 bridgehead atoms. The maximum absolute atomic E-state index is 13.4. The third kappa shape index (κ3) is 3.44. The molecule has 1 saturated carbocycles. The molecule has 2 N–H and O–H groups in total. The first-order chi connectivity index (χ1) is 13.8. The molecule has 6 heteroatoms. The lowest BCUT2D eigenvalue weighted by atomic mass is 9.79. The molecule has 3 aliphatic rings. The summed E-state index contributed by atoms with van der Waals surface area (Å²) in [5.41, 5.74) is 8.44. The van der Waals surface area contributed by atoms with E-state index in [4.69, 9.17) is 4.42 Å². The Morgan fingerprint density at radius 3 is 2.82 bits per heavy atom. The normalized spacial score (nSPS) is 29.4. The van der Waals surface area contributed by atoms with Crippen molar-refractivity contribution in [1.82, 2.24) is 20.7 Å². The maximum Gasteiger partial charge on any atom is 0.228 e. The lowest BCUT2D eigenvalue weighted by Gasteiger charge is -2.36. The highest BCUT2D eigenvalue weighted by Gasteiger charge is 2.41.